The minimum atomic E-state index is -0.480. The SMILES string of the molecule is COC(=O)/C(=C\c1ccc(Cl)cc1)c1ccc(F)cc1. The molecule has 0 aliphatic carbocycles. The highest BCUT2D eigenvalue weighted by Gasteiger charge is 2.12. The highest BCUT2D eigenvalue weighted by molar-refractivity contribution is 6.30. The van der Waals surface area contributed by atoms with Crippen molar-refractivity contribution in [3.05, 3.63) is 70.5 Å². The maximum absolute atomic E-state index is 13.0. The summed E-state index contributed by atoms with van der Waals surface area (Å²) in [5.41, 5.74) is 1.75. The first-order valence-corrected chi connectivity index (χ1v) is 6.29. The average Bonchev–Trinajstić information content (AvgIpc) is 2.47. The number of esters is 1. The number of benzene rings is 2. The lowest BCUT2D eigenvalue weighted by Gasteiger charge is -2.06. The molecule has 0 amide bonds. The summed E-state index contributed by atoms with van der Waals surface area (Å²) in [7, 11) is 1.31. The molecule has 0 bridgehead atoms. The van der Waals surface area contributed by atoms with Gasteiger partial charge in [0.15, 0.2) is 0 Å². The molecular formula is C16H12ClFO2. The molecule has 20 heavy (non-hydrogen) atoms. The van der Waals surface area contributed by atoms with Crippen LogP contribution >= 0.6 is 11.6 Å². The Kier molecular flexibility index (Phi) is 4.53. The van der Waals surface area contributed by atoms with Crippen molar-refractivity contribution >= 4 is 29.2 Å². The van der Waals surface area contributed by atoms with Crippen molar-refractivity contribution in [2.75, 3.05) is 7.11 Å². The first kappa shape index (κ1) is 14.3. The number of ether oxygens (including phenoxy) is 1. The summed E-state index contributed by atoms with van der Waals surface area (Å²) >= 11 is 5.82. The Hall–Kier alpha value is -2.13. The van der Waals surface area contributed by atoms with E-state index in [-0.39, 0.29) is 5.82 Å². The molecule has 2 aromatic carbocycles. The predicted octanol–water partition coefficient (Wildman–Crippen LogP) is 4.19. The number of hydrogen-bond acceptors (Lipinski definition) is 2. The van der Waals surface area contributed by atoms with Gasteiger partial charge in [0.25, 0.3) is 0 Å². The zero-order chi connectivity index (χ0) is 14.5. The van der Waals surface area contributed by atoms with Crippen LogP contribution in [-0.2, 0) is 9.53 Å². The third-order valence-electron chi connectivity index (χ3n) is 2.74. The molecule has 0 aliphatic heterocycles. The number of hydrogen-bond donors (Lipinski definition) is 0. The lowest BCUT2D eigenvalue weighted by Crippen LogP contribution is -2.03. The zero-order valence-corrected chi connectivity index (χ0v) is 11.5. The topological polar surface area (TPSA) is 26.3 Å². The average molecular weight is 291 g/mol. The van der Waals surface area contributed by atoms with E-state index < -0.39 is 5.97 Å². The van der Waals surface area contributed by atoms with E-state index in [1.165, 1.54) is 31.4 Å². The summed E-state index contributed by atoms with van der Waals surface area (Å²) < 4.78 is 17.7. The van der Waals surface area contributed by atoms with Gasteiger partial charge in [-0.25, -0.2) is 9.18 Å². The summed E-state index contributed by atoms with van der Waals surface area (Å²) in [6, 6.07) is 12.7. The molecule has 0 saturated heterocycles. The van der Waals surface area contributed by atoms with Crippen molar-refractivity contribution in [1.82, 2.24) is 0 Å². The Bertz CT molecular complexity index is 631. The number of halogens is 2. The molecule has 0 unspecified atom stereocenters. The van der Waals surface area contributed by atoms with Gasteiger partial charge in [0, 0.05) is 5.02 Å². The van der Waals surface area contributed by atoms with Crippen LogP contribution in [0.25, 0.3) is 11.6 Å². The van der Waals surface area contributed by atoms with Crippen LogP contribution in [0.4, 0.5) is 4.39 Å². The van der Waals surface area contributed by atoms with E-state index in [0.29, 0.717) is 16.2 Å². The maximum atomic E-state index is 13.0. The van der Waals surface area contributed by atoms with Gasteiger partial charge >= 0.3 is 5.97 Å². The molecule has 2 rings (SSSR count). The van der Waals surface area contributed by atoms with Gasteiger partial charge in [-0.1, -0.05) is 35.9 Å². The Balaban J connectivity index is 2.44. The van der Waals surface area contributed by atoms with Gasteiger partial charge in [0.2, 0.25) is 0 Å². The smallest absolute Gasteiger partial charge is 0.338 e. The van der Waals surface area contributed by atoms with Gasteiger partial charge < -0.3 is 4.74 Å². The van der Waals surface area contributed by atoms with Crippen LogP contribution in [0.3, 0.4) is 0 Å². The monoisotopic (exact) mass is 290 g/mol. The molecule has 0 spiro atoms. The van der Waals surface area contributed by atoms with E-state index in [2.05, 4.69) is 0 Å². The van der Waals surface area contributed by atoms with Crippen LogP contribution in [0.2, 0.25) is 5.02 Å². The second-order valence-corrected chi connectivity index (χ2v) is 4.54. The van der Waals surface area contributed by atoms with Crippen LogP contribution in [0, 0.1) is 5.82 Å². The highest BCUT2D eigenvalue weighted by atomic mass is 35.5. The Morgan fingerprint density at radius 2 is 1.70 bits per heavy atom. The molecule has 2 nitrogen and oxygen atoms in total. The first-order valence-electron chi connectivity index (χ1n) is 5.91. The molecule has 0 fully saturated rings. The van der Waals surface area contributed by atoms with E-state index in [9.17, 15) is 9.18 Å². The van der Waals surface area contributed by atoms with E-state index in [4.69, 9.17) is 16.3 Å². The Labute approximate surface area is 121 Å². The van der Waals surface area contributed by atoms with E-state index in [1.54, 1.807) is 30.3 Å². The molecule has 0 saturated carbocycles. The van der Waals surface area contributed by atoms with Crippen molar-refractivity contribution < 1.29 is 13.9 Å². The fourth-order valence-electron chi connectivity index (χ4n) is 1.73. The zero-order valence-electron chi connectivity index (χ0n) is 10.8. The van der Waals surface area contributed by atoms with Gasteiger partial charge in [-0.15, -0.1) is 0 Å². The summed E-state index contributed by atoms with van der Waals surface area (Å²) in [5, 5.41) is 0.614. The van der Waals surface area contributed by atoms with Crippen LogP contribution in [0.15, 0.2) is 48.5 Å². The third-order valence-corrected chi connectivity index (χ3v) is 2.99. The Morgan fingerprint density at radius 3 is 2.25 bits per heavy atom. The molecule has 4 heteroatoms. The summed E-state index contributed by atoms with van der Waals surface area (Å²) in [6.07, 6.45) is 1.68. The van der Waals surface area contributed by atoms with Crippen LogP contribution < -0.4 is 0 Å². The van der Waals surface area contributed by atoms with Gasteiger partial charge in [-0.2, -0.15) is 0 Å². The minimum Gasteiger partial charge on any atom is -0.465 e. The third kappa shape index (κ3) is 3.45. The number of carbonyl (C=O) groups excluding carboxylic acids is 1. The van der Waals surface area contributed by atoms with Crippen molar-refractivity contribution in [3.8, 4) is 0 Å². The summed E-state index contributed by atoms with van der Waals surface area (Å²) in [6.45, 7) is 0. The lowest BCUT2D eigenvalue weighted by atomic mass is 10.0. The number of rotatable bonds is 3. The van der Waals surface area contributed by atoms with Crippen LogP contribution in [-0.4, -0.2) is 13.1 Å². The molecule has 102 valence electrons. The second kappa shape index (κ2) is 6.35. The molecule has 0 aliphatic rings. The maximum Gasteiger partial charge on any atom is 0.338 e. The van der Waals surface area contributed by atoms with E-state index in [1.807, 2.05) is 0 Å². The number of carbonyl (C=O) groups is 1. The number of methoxy groups -OCH3 is 1. The molecule has 0 radical (unpaired) electrons. The molecule has 0 atom stereocenters. The van der Waals surface area contributed by atoms with Gasteiger partial charge in [0.1, 0.15) is 5.82 Å². The molecule has 0 N–H and O–H groups in total. The standard InChI is InChI=1S/C16H12ClFO2/c1-20-16(19)15(12-4-8-14(18)9-5-12)10-11-2-6-13(17)7-3-11/h2-10H,1H3/b15-10-. The summed E-state index contributed by atoms with van der Waals surface area (Å²) in [5.74, 6) is -0.837. The van der Waals surface area contributed by atoms with Gasteiger partial charge in [0.05, 0.1) is 12.7 Å². The minimum absolute atomic E-state index is 0.356. The van der Waals surface area contributed by atoms with Gasteiger partial charge in [-0.05, 0) is 41.5 Å². The highest BCUT2D eigenvalue weighted by Crippen LogP contribution is 2.21. The van der Waals surface area contributed by atoms with Crippen molar-refractivity contribution in [3.63, 3.8) is 0 Å². The van der Waals surface area contributed by atoms with Crippen molar-refractivity contribution in [2.45, 2.75) is 0 Å². The Morgan fingerprint density at radius 1 is 1.10 bits per heavy atom. The lowest BCUT2D eigenvalue weighted by molar-refractivity contribution is -0.133. The fourth-order valence-corrected chi connectivity index (χ4v) is 1.85. The molecule has 0 aromatic heterocycles. The fraction of sp³-hybridized carbons (Fsp3) is 0.0625. The quantitative estimate of drug-likeness (QED) is 0.481. The normalized spacial score (nSPS) is 11.2. The predicted molar refractivity (Wildman–Crippen MR) is 77.7 cm³/mol. The van der Waals surface area contributed by atoms with Crippen molar-refractivity contribution in [1.29, 1.82) is 0 Å². The summed E-state index contributed by atoms with van der Waals surface area (Å²) in [4.78, 5) is 11.9. The van der Waals surface area contributed by atoms with Crippen LogP contribution in [0.5, 0.6) is 0 Å². The first-order chi connectivity index (χ1) is 9.60. The van der Waals surface area contributed by atoms with Crippen molar-refractivity contribution in [2.24, 2.45) is 0 Å². The van der Waals surface area contributed by atoms with Gasteiger partial charge in [-0.3, -0.25) is 0 Å². The molecular weight excluding hydrogens is 279 g/mol. The second-order valence-electron chi connectivity index (χ2n) is 4.11. The largest absolute Gasteiger partial charge is 0.465 e. The molecule has 2 aromatic rings. The van der Waals surface area contributed by atoms with Crippen LogP contribution in [0.1, 0.15) is 11.1 Å². The molecule has 0 heterocycles. The van der Waals surface area contributed by atoms with E-state index >= 15 is 0 Å². The van der Waals surface area contributed by atoms with E-state index in [0.717, 1.165) is 5.56 Å².